The third-order valence-electron chi connectivity index (χ3n) is 4.49. The summed E-state index contributed by atoms with van der Waals surface area (Å²) in [7, 11) is 0. The van der Waals surface area contributed by atoms with Gasteiger partial charge in [-0.15, -0.1) is 0 Å². The number of carbonyl (C=O) groups excluding carboxylic acids is 1. The molecule has 0 unspecified atom stereocenters. The van der Waals surface area contributed by atoms with Gasteiger partial charge in [0.15, 0.2) is 17.5 Å². The summed E-state index contributed by atoms with van der Waals surface area (Å²) in [4.78, 5) is 20.5. The van der Waals surface area contributed by atoms with Crippen molar-refractivity contribution in [2.45, 2.75) is 39.0 Å². The molecular formula is C20H21F3N4O. The van der Waals surface area contributed by atoms with Gasteiger partial charge >= 0.3 is 0 Å². The van der Waals surface area contributed by atoms with Crippen LogP contribution in [0, 0.1) is 24.4 Å². The zero-order valence-electron chi connectivity index (χ0n) is 15.5. The number of halogens is 3. The second-order valence-corrected chi connectivity index (χ2v) is 6.68. The lowest BCUT2D eigenvalue weighted by atomic mass is 9.97. The molecule has 0 spiro atoms. The summed E-state index contributed by atoms with van der Waals surface area (Å²) in [5, 5.41) is 5.30. The van der Waals surface area contributed by atoms with E-state index in [1.807, 2.05) is 0 Å². The average molecular weight is 390 g/mol. The fourth-order valence-corrected chi connectivity index (χ4v) is 3.04. The van der Waals surface area contributed by atoms with E-state index in [2.05, 4.69) is 26.7 Å². The molecule has 0 radical (unpaired) electrons. The Morgan fingerprint density at radius 3 is 2.71 bits per heavy atom. The number of anilines is 2. The molecule has 5 nitrogen and oxygen atoms in total. The van der Waals surface area contributed by atoms with Crippen molar-refractivity contribution in [3.8, 4) is 0 Å². The molecule has 3 rings (SSSR count). The van der Waals surface area contributed by atoms with E-state index in [0.717, 1.165) is 31.4 Å². The summed E-state index contributed by atoms with van der Waals surface area (Å²) in [5.41, 5.74) is 1.61. The standard InChI is InChI=1S/C20H21F3N4O/c1-12-11-16(19(28)24-10-9-13-5-3-2-4-6-13)27-20(25-12)26-15-8-7-14(21)17(22)18(15)23/h5,7-8,11H,2-4,6,9-10H2,1H3,(H,24,28)(H,25,26,27). The Hall–Kier alpha value is -2.90. The molecule has 0 fully saturated rings. The molecule has 0 saturated carbocycles. The van der Waals surface area contributed by atoms with Crippen LogP contribution in [-0.2, 0) is 0 Å². The number of amides is 1. The molecular weight excluding hydrogens is 369 g/mol. The number of aromatic nitrogens is 2. The highest BCUT2D eigenvalue weighted by Gasteiger charge is 2.16. The van der Waals surface area contributed by atoms with Crippen LogP contribution in [0.1, 0.15) is 48.3 Å². The van der Waals surface area contributed by atoms with Crippen LogP contribution in [0.2, 0.25) is 0 Å². The van der Waals surface area contributed by atoms with Crippen molar-refractivity contribution in [1.82, 2.24) is 15.3 Å². The Morgan fingerprint density at radius 1 is 1.14 bits per heavy atom. The summed E-state index contributed by atoms with van der Waals surface area (Å²) in [5.74, 6) is -4.72. The number of hydrogen-bond acceptors (Lipinski definition) is 4. The van der Waals surface area contributed by atoms with Gasteiger partial charge in [0.25, 0.3) is 5.91 Å². The van der Waals surface area contributed by atoms with E-state index in [4.69, 9.17) is 0 Å². The number of aryl methyl sites for hydroxylation is 1. The Kier molecular flexibility index (Phi) is 6.28. The molecule has 1 aliphatic carbocycles. The van der Waals surface area contributed by atoms with Crippen LogP contribution in [-0.4, -0.2) is 22.4 Å². The molecule has 0 aliphatic heterocycles. The van der Waals surface area contributed by atoms with Gasteiger partial charge in [0.05, 0.1) is 5.69 Å². The smallest absolute Gasteiger partial charge is 0.270 e. The second-order valence-electron chi connectivity index (χ2n) is 6.68. The quantitative estimate of drug-likeness (QED) is 0.560. The van der Waals surface area contributed by atoms with Crippen molar-refractivity contribution in [2.24, 2.45) is 0 Å². The first kappa shape index (κ1) is 19.9. The Morgan fingerprint density at radius 2 is 1.96 bits per heavy atom. The van der Waals surface area contributed by atoms with Gasteiger partial charge in [-0.25, -0.2) is 23.1 Å². The molecule has 0 atom stereocenters. The molecule has 0 saturated heterocycles. The first-order valence-electron chi connectivity index (χ1n) is 9.16. The topological polar surface area (TPSA) is 66.9 Å². The molecule has 1 aliphatic rings. The van der Waals surface area contributed by atoms with Crippen molar-refractivity contribution >= 4 is 17.5 Å². The summed E-state index contributed by atoms with van der Waals surface area (Å²) in [6.07, 6.45) is 7.56. The highest BCUT2D eigenvalue weighted by molar-refractivity contribution is 5.92. The third-order valence-corrected chi connectivity index (χ3v) is 4.49. The second kappa shape index (κ2) is 8.86. The van der Waals surface area contributed by atoms with Crippen molar-refractivity contribution in [2.75, 3.05) is 11.9 Å². The number of allylic oxidation sites excluding steroid dienone is 1. The van der Waals surface area contributed by atoms with Gasteiger partial charge in [-0.2, -0.15) is 0 Å². The van der Waals surface area contributed by atoms with Crippen LogP contribution < -0.4 is 10.6 Å². The van der Waals surface area contributed by atoms with E-state index in [1.54, 1.807) is 6.92 Å². The lowest BCUT2D eigenvalue weighted by Gasteiger charge is -2.13. The minimum absolute atomic E-state index is 0.0787. The number of nitrogens with one attached hydrogen (secondary N) is 2. The average Bonchev–Trinajstić information content (AvgIpc) is 2.69. The summed E-state index contributed by atoms with van der Waals surface area (Å²) < 4.78 is 40.3. The van der Waals surface area contributed by atoms with E-state index in [1.165, 1.54) is 24.5 Å². The molecule has 2 N–H and O–H groups in total. The zero-order valence-corrected chi connectivity index (χ0v) is 15.5. The van der Waals surface area contributed by atoms with E-state index >= 15 is 0 Å². The van der Waals surface area contributed by atoms with Crippen molar-refractivity contribution in [3.05, 3.63) is 58.7 Å². The van der Waals surface area contributed by atoms with Crippen LogP contribution in [0.25, 0.3) is 0 Å². The van der Waals surface area contributed by atoms with Crippen molar-refractivity contribution in [3.63, 3.8) is 0 Å². The lowest BCUT2D eigenvalue weighted by Crippen LogP contribution is -2.26. The van der Waals surface area contributed by atoms with E-state index in [9.17, 15) is 18.0 Å². The first-order valence-corrected chi connectivity index (χ1v) is 9.16. The maximum absolute atomic E-state index is 13.8. The van der Waals surface area contributed by atoms with Crippen LogP contribution in [0.4, 0.5) is 24.8 Å². The number of rotatable bonds is 6. The minimum Gasteiger partial charge on any atom is -0.350 e. The monoisotopic (exact) mass is 390 g/mol. The highest BCUT2D eigenvalue weighted by Crippen LogP contribution is 2.22. The normalized spacial score (nSPS) is 13.8. The Labute approximate surface area is 161 Å². The zero-order chi connectivity index (χ0) is 20.1. The molecule has 0 bridgehead atoms. The summed E-state index contributed by atoms with van der Waals surface area (Å²) in [6.45, 7) is 2.15. The molecule has 148 valence electrons. The van der Waals surface area contributed by atoms with Crippen LogP contribution in [0.15, 0.2) is 29.8 Å². The third kappa shape index (κ3) is 4.88. The largest absolute Gasteiger partial charge is 0.350 e. The van der Waals surface area contributed by atoms with Crippen molar-refractivity contribution < 1.29 is 18.0 Å². The number of hydrogen-bond donors (Lipinski definition) is 2. The first-order chi connectivity index (χ1) is 13.4. The summed E-state index contributed by atoms with van der Waals surface area (Å²) >= 11 is 0. The molecule has 2 aromatic rings. The summed E-state index contributed by atoms with van der Waals surface area (Å²) in [6, 6.07) is 3.34. The predicted molar refractivity (Wildman–Crippen MR) is 99.9 cm³/mol. The number of nitrogens with zero attached hydrogens (tertiary/aromatic N) is 2. The van der Waals surface area contributed by atoms with E-state index in [0.29, 0.717) is 12.2 Å². The van der Waals surface area contributed by atoms with Gasteiger partial charge in [0, 0.05) is 12.2 Å². The minimum atomic E-state index is -1.59. The fraction of sp³-hybridized carbons (Fsp3) is 0.350. The molecule has 1 heterocycles. The van der Waals surface area contributed by atoms with Crippen LogP contribution >= 0.6 is 0 Å². The number of benzene rings is 1. The fourth-order valence-electron chi connectivity index (χ4n) is 3.04. The predicted octanol–water partition coefficient (Wildman–Crippen LogP) is 4.57. The SMILES string of the molecule is Cc1cc(C(=O)NCCC2=CCCCC2)nc(Nc2ccc(F)c(F)c2F)n1. The molecule has 1 aromatic heterocycles. The van der Waals surface area contributed by atoms with Gasteiger partial charge in [0.2, 0.25) is 5.95 Å². The molecule has 1 aromatic carbocycles. The molecule has 1 amide bonds. The van der Waals surface area contributed by atoms with E-state index < -0.39 is 17.5 Å². The Balaban J connectivity index is 1.68. The maximum Gasteiger partial charge on any atom is 0.270 e. The van der Waals surface area contributed by atoms with Crippen LogP contribution in [0.5, 0.6) is 0 Å². The maximum atomic E-state index is 13.8. The van der Waals surface area contributed by atoms with Gasteiger partial charge < -0.3 is 10.6 Å². The van der Waals surface area contributed by atoms with Gasteiger partial charge in [-0.05, 0) is 57.2 Å². The molecule has 8 heteroatoms. The highest BCUT2D eigenvalue weighted by atomic mass is 19.2. The Bertz CT molecular complexity index is 915. The molecule has 28 heavy (non-hydrogen) atoms. The van der Waals surface area contributed by atoms with Gasteiger partial charge in [-0.3, -0.25) is 4.79 Å². The van der Waals surface area contributed by atoms with Crippen LogP contribution in [0.3, 0.4) is 0 Å². The van der Waals surface area contributed by atoms with E-state index in [-0.39, 0.29) is 23.2 Å². The lowest BCUT2D eigenvalue weighted by molar-refractivity contribution is 0.0949. The van der Waals surface area contributed by atoms with Crippen molar-refractivity contribution in [1.29, 1.82) is 0 Å². The van der Waals surface area contributed by atoms with Gasteiger partial charge in [-0.1, -0.05) is 11.6 Å². The van der Waals surface area contributed by atoms with Gasteiger partial charge in [0.1, 0.15) is 5.69 Å². The number of carbonyl (C=O) groups is 1.